The molecule has 5 heteroatoms. The van der Waals surface area contributed by atoms with Gasteiger partial charge in [-0.05, 0) is 54.8 Å². The lowest BCUT2D eigenvalue weighted by Gasteiger charge is -2.10. The summed E-state index contributed by atoms with van der Waals surface area (Å²) in [5.41, 5.74) is 9.05. The Balaban J connectivity index is 2.32. The van der Waals surface area contributed by atoms with Crippen LogP contribution in [0.15, 0.2) is 47.4 Å². The van der Waals surface area contributed by atoms with E-state index in [9.17, 15) is 8.42 Å². The molecular formula is C15H18N2O2S. The highest BCUT2D eigenvalue weighted by molar-refractivity contribution is 7.92. The van der Waals surface area contributed by atoms with Gasteiger partial charge in [-0.25, -0.2) is 8.42 Å². The molecule has 0 unspecified atom stereocenters. The standard InChI is InChI=1S/C15H18N2O2S/c1-11-6-7-14(8-12(11)2)17-20(18,19)15-5-3-4-13(9-15)10-16/h3-9,17H,10,16H2,1-2H3. The Kier molecular flexibility index (Phi) is 4.11. The fraction of sp³-hybridized carbons (Fsp3) is 0.200. The summed E-state index contributed by atoms with van der Waals surface area (Å²) in [6, 6.07) is 12.1. The van der Waals surface area contributed by atoms with E-state index in [4.69, 9.17) is 5.73 Å². The number of nitrogens with two attached hydrogens (primary N) is 1. The summed E-state index contributed by atoms with van der Waals surface area (Å²) < 4.78 is 27.2. The first-order chi connectivity index (χ1) is 9.42. The maximum Gasteiger partial charge on any atom is 0.261 e. The van der Waals surface area contributed by atoms with Gasteiger partial charge in [0.25, 0.3) is 10.0 Å². The molecule has 2 aromatic rings. The second-order valence-electron chi connectivity index (χ2n) is 4.76. The van der Waals surface area contributed by atoms with Crippen molar-refractivity contribution in [2.45, 2.75) is 25.3 Å². The quantitative estimate of drug-likeness (QED) is 0.909. The number of anilines is 1. The van der Waals surface area contributed by atoms with Gasteiger partial charge in [0.15, 0.2) is 0 Å². The SMILES string of the molecule is Cc1ccc(NS(=O)(=O)c2cccc(CN)c2)cc1C. The van der Waals surface area contributed by atoms with E-state index in [1.54, 1.807) is 30.3 Å². The Morgan fingerprint density at radius 3 is 2.45 bits per heavy atom. The van der Waals surface area contributed by atoms with Crippen molar-refractivity contribution in [3.05, 3.63) is 59.2 Å². The van der Waals surface area contributed by atoms with Gasteiger partial charge >= 0.3 is 0 Å². The molecule has 2 aromatic carbocycles. The van der Waals surface area contributed by atoms with E-state index in [1.165, 1.54) is 0 Å². The molecule has 0 aromatic heterocycles. The summed E-state index contributed by atoms with van der Waals surface area (Å²) in [5.74, 6) is 0. The van der Waals surface area contributed by atoms with Crippen molar-refractivity contribution in [1.82, 2.24) is 0 Å². The number of hydrogen-bond acceptors (Lipinski definition) is 3. The minimum atomic E-state index is -3.58. The van der Waals surface area contributed by atoms with Crippen LogP contribution in [0.1, 0.15) is 16.7 Å². The molecule has 0 fully saturated rings. The molecule has 0 aliphatic carbocycles. The fourth-order valence-electron chi connectivity index (χ4n) is 1.86. The molecule has 0 saturated heterocycles. The Morgan fingerprint density at radius 1 is 1.05 bits per heavy atom. The summed E-state index contributed by atoms with van der Waals surface area (Å²) in [6.07, 6.45) is 0. The lowest BCUT2D eigenvalue weighted by Crippen LogP contribution is -2.13. The van der Waals surface area contributed by atoms with Crippen LogP contribution in [0.2, 0.25) is 0 Å². The third kappa shape index (κ3) is 3.18. The molecule has 0 aliphatic rings. The van der Waals surface area contributed by atoms with E-state index < -0.39 is 10.0 Å². The van der Waals surface area contributed by atoms with Crippen LogP contribution in [-0.4, -0.2) is 8.42 Å². The minimum absolute atomic E-state index is 0.221. The number of benzene rings is 2. The maximum atomic E-state index is 12.3. The maximum absolute atomic E-state index is 12.3. The van der Waals surface area contributed by atoms with Crippen LogP contribution in [-0.2, 0) is 16.6 Å². The zero-order valence-electron chi connectivity index (χ0n) is 11.6. The molecule has 20 heavy (non-hydrogen) atoms. The van der Waals surface area contributed by atoms with Crippen molar-refractivity contribution in [2.24, 2.45) is 5.73 Å². The Hall–Kier alpha value is -1.85. The second-order valence-corrected chi connectivity index (χ2v) is 6.44. The van der Waals surface area contributed by atoms with Crippen molar-refractivity contribution in [2.75, 3.05) is 4.72 Å². The first-order valence-electron chi connectivity index (χ1n) is 6.31. The molecular weight excluding hydrogens is 272 g/mol. The minimum Gasteiger partial charge on any atom is -0.326 e. The molecule has 0 aliphatic heterocycles. The Labute approximate surface area is 119 Å². The van der Waals surface area contributed by atoms with Crippen molar-refractivity contribution in [3.63, 3.8) is 0 Å². The van der Waals surface area contributed by atoms with Crippen molar-refractivity contribution >= 4 is 15.7 Å². The van der Waals surface area contributed by atoms with Crippen molar-refractivity contribution in [1.29, 1.82) is 0 Å². The van der Waals surface area contributed by atoms with Gasteiger partial charge in [0, 0.05) is 12.2 Å². The van der Waals surface area contributed by atoms with Gasteiger partial charge in [-0.15, -0.1) is 0 Å². The number of hydrogen-bond donors (Lipinski definition) is 2. The predicted molar refractivity (Wildman–Crippen MR) is 81.1 cm³/mol. The number of rotatable bonds is 4. The van der Waals surface area contributed by atoms with Crippen LogP contribution in [0.5, 0.6) is 0 Å². The molecule has 3 N–H and O–H groups in total. The Morgan fingerprint density at radius 2 is 1.80 bits per heavy atom. The molecule has 0 amide bonds. The highest BCUT2D eigenvalue weighted by Gasteiger charge is 2.14. The predicted octanol–water partition coefficient (Wildman–Crippen LogP) is 2.56. The smallest absolute Gasteiger partial charge is 0.261 e. The zero-order chi connectivity index (χ0) is 14.8. The molecule has 0 atom stereocenters. The summed E-state index contributed by atoms with van der Waals surface area (Å²) in [6.45, 7) is 4.24. The largest absolute Gasteiger partial charge is 0.326 e. The van der Waals surface area contributed by atoms with Crippen LogP contribution >= 0.6 is 0 Å². The first kappa shape index (κ1) is 14.6. The number of aryl methyl sites for hydroxylation is 2. The Bertz CT molecular complexity index is 724. The van der Waals surface area contributed by atoms with Crippen molar-refractivity contribution < 1.29 is 8.42 Å². The van der Waals surface area contributed by atoms with Gasteiger partial charge in [0.2, 0.25) is 0 Å². The molecule has 0 spiro atoms. The average molecular weight is 290 g/mol. The fourth-order valence-corrected chi connectivity index (χ4v) is 2.98. The van der Waals surface area contributed by atoms with E-state index in [0.717, 1.165) is 16.7 Å². The molecule has 0 heterocycles. The second kappa shape index (κ2) is 5.64. The van der Waals surface area contributed by atoms with Gasteiger partial charge in [0.05, 0.1) is 4.90 Å². The average Bonchev–Trinajstić information content (AvgIpc) is 2.43. The highest BCUT2D eigenvalue weighted by Crippen LogP contribution is 2.19. The lowest BCUT2D eigenvalue weighted by molar-refractivity contribution is 0.601. The van der Waals surface area contributed by atoms with Crippen LogP contribution < -0.4 is 10.5 Å². The summed E-state index contributed by atoms with van der Waals surface area (Å²) in [5, 5.41) is 0. The third-order valence-corrected chi connectivity index (χ3v) is 4.58. The van der Waals surface area contributed by atoms with Gasteiger partial charge in [0.1, 0.15) is 0 Å². The van der Waals surface area contributed by atoms with Crippen LogP contribution in [0.25, 0.3) is 0 Å². The molecule has 106 valence electrons. The molecule has 2 rings (SSSR count). The first-order valence-corrected chi connectivity index (χ1v) is 7.80. The van der Waals surface area contributed by atoms with E-state index in [-0.39, 0.29) is 4.90 Å². The van der Waals surface area contributed by atoms with Crippen LogP contribution in [0.3, 0.4) is 0 Å². The topological polar surface area (TPSA) is 72.2 Å². The van der Waals surface area contributed by atoms with Gasteiger partial charge in [-0.1, -0.05) is 18.2 Å². The zero-order valence-corrected chi connectivity index (χ0v) is 12.4. The van der Waals surface area contributed by atoms with Crippen LogP contribution in [0, 0.1) is 13.8 Å². The number of nitrogens with one attached hydrogen (secondary N) is 1. The van der Waals surface area contributed by atoms with E-state index in [2.05, 4.69) is 4.72 Å². The summed E-state index contributed by atoms with van der Waals surface area (Å²) in [4.78, 5) is 0.221. The molecule has 4 nitrogen and oxygen atoms in total. The molecule has 0 radical (unpaired) electrons. The number of sulfonamides is 1. The highest BCUT2D eigenvalue weighted by atomic mass is 32.2. The van der Waals surface area contributed by atoms with E-state index >= 15 is 0 Å². The monoisotopic (exact) mass is 290 g/mol. The molecule has 0 bridgehead atoms. The molecule has 0 saturated carbocycles. The van der Waals surface area contributed by atoms with Gasteiger partial charge < -0.3 is 5.73 Å². The van der Waals surface area contributed by atoms with Crippen molar-refractivity contribution in [3.8, 4) is 0 Å². The third-order valence-electron chi connectivity index (χ3n) is 3.20. The van der Waals surface area contributed by atoms with Crippen LogP contribution in [0.4, 0.5) is 5.69 Å². The van der Waals surface area contributed by atoms with E-state index in [0.29, 0.717) is 12.2 Å². The van der Waals surface area contributed by atoms with E-state index in [1.807, 2.05) is 26.0 Å². The summed E-state index contributed by atoms with van der Waals surface area (Å²) >= 11 is 0. The lowest BCUT2D eigenvalue weighted by atomic mass is 10.1. The normalized spacial score (nSPS) is 11.3. The van der Waals surface area contributed by atoms with Gasteiger partial charge in [-0.3, -0.25) is 4.72 Å². The van der Waals surface area contributed by atoms with Gasteiger partial charge in [-0.2, -0.15) is 0 Å². The summed E-state index contributed by atoms with van der Waals surface area (Å²) in [7, 11) is -3.58.